The van der Waals surface area contributed by atoms with Crippen molar-refractivity contribution in [1.29, 1.82) is 0 Å². The third kappa shape index (κ3) is 2.25. The van der Waals surface area contributed by atoms with E-state index in [4.69, 9.17) is 0 Å². The Bertz CT molecular complexity index is 511. The van der Waals surface area contributed by atoms with Crippen LogP contribution in [-0.2, 0) is 0 Å². The average molecular weight is 282 g/mol. The third-order valence-electron chi connectivity index (χ3n) is 2.00. The Balaban J connectivity index is 2.21. The number of amides is 1. The van der Waals surface area contributed by atoms with E-state index >= 15 is 0 Å². The maximum atomic E-state index is 11.6. The van der Waals surface area contributed by atoms with Gasteiger partial charge in [-0.3, -0.25) is 4.79 Å². The molecule has 1 aromatic carbocycles. The van der Waals surface area contributed by atoms with Gasteiger partial charge in [0.05, 0.1) is 0 Å². The Kier molecular flexibility index (Phi) is 2.95. The van der Waals surface area contributed by atoms with Crippen molar-refractivity contribution in [2.75, 3.05) is 5.32 Å². The number of carbonyl (C=O) groups excluding carboxylic acids is 1. The highest BCUT2D eigenvalue weighted by molar-refractivity contribution is 9.10. The molecule has 0 saturated heterocycles. The monoisotopic (exact) mass is 281 g/mol. The lowest BCUT2D eigenvalue weighted by atomic mass is 10.2. The van der Waals surface area contributed by atoms with E-state index in [1.54, 1.807) is 0 Å². The highest BCUT2D eigenvalue weighted by Gasteiger charge is 2.11. The molecule has 1 amide bonds. The number of aryl methyl sites for hydroxylation is 1. The number of nitrogens with one attached hydrogen (secondary N) is 2. The zero-order chi connectivity index (χ0) is 11.5. The molecule has 0 fully saturated rings. The molecule has 0 saturated carbocycles. The molecule has 0 unspecified atom stereocenters. The van der Waals surface area contributed by atoms with Crippen molar-refractivity contribution in [1.82, 2.24) is 20.6 Å². The first-order chi connectivity index (χ1) is 7.66. The van der Waals surface area contributed by atoms with Crippen LogP contribution in [0.5, 0.6) is 0 Å². The molecular formula is C9H8BrN5O. The SMILES string of the molecule is Cc1ccc(Br)cc1NC(=O)c1nn[nH]n1. The Morgan fingerprint density at radius 2 is 2.31 bits per heavy atom. The molecule has 82 valence electrons. The predicted molar refractivity (Wildman–Crippen MR) is 61.0 cm³/mol. The second-order valence-electron chi connectivity index (χ2n) is 3.15. The van der Waals surface area contributed by atoms with Crippen molar-refractivity contribution in [3.8, 4) is 0 Å². The van der Waals surface area contributed by atoms with E-state index in [1.807, 2.05) is 25.1 Å². The molecule has 2 N–H and O–H groups in total. The van der Waals surface area contributed by atoms with Crippen LogP contribution >= 0.6 is 15.9 Å². The van der Waals surface area contributed by atoms with Gasteiger partial charge >= 0.3 is 0 Å². The molecule has 6 nitrogen and oxygen atoms in total. The van der Waals surface area contributed by atoms with Gasteiger partial charge in [-0.05, 0) is 29.8 Å². The van der Waals surface area contributed by atoms with Gasteiger partial charge in [0, 0.05) is 10.2 Å². The van der Waals surface area contributed by atoms with Crippen molar-refractivity contribution in [2.24, 2.45) is 0 Å². The van der Waals surface area contributed by atoms with E-state index in [9.17, 15) is 4.79 Å². The molecule has 1 aromatic heterocycles. The van der Waals surface area contributed by atoms with Crippen molar-refractivity contribution in [3.63, 3.8) is 0 Å². The summed E-state index contributed by atoms with van der Waals surface area (Å²) in [4.78, 5) is 11.6. The molecule has 0 aliphatic carbocycles. The second-order valence-corrected chi connectivity index (χ2v) is 4.06. The van der Waals surface area contributed by atoms with Crippen LogP contribution in [0.4, 0.5) is 5.69 Å². The Morgan fingerprint density at radius 1 is 1.50 bits per heavy atom. The minimum absolute atomic E-state index is 0.0133. The number of carbonyl (C=O) groups is 1. The molecule has 0 aliphatic rings. The molecule has 2 rings (SSSR count). The summed E-state index contributed by atoms with van der Waals surface area (Å²) in [6.07, 6.45) is 0. The molecule has 0 bridgehead atoms. The fraction of sp³-hybridized carbons (Fsp3) is 0.111. The summed E-state index contributed by atoms with van der Waals surface area (Å²) in [5, 5.41) is 15.4. The van der Waals surface area contributed by atoms with Crippen LogP contribution < -0.4 is 5.32 Å². The highest BCUT2D eigenvalue weighted by atomic mass is 79.9. The third-order valence-corrected chi connectivity index (χ3v) is 2.49. The summed E-state index contributed by atoms with van der Waals surface area (Å²) in [7, 11) is 0. The van der Waals surface area contributed by atoms with Gasteiger partial charge in [0.2, 0.25) is 0 Å². The summed E-state index contributed by atoms with van der Waals surface area (Å²) < 4.78 is 0.890. The second kappa shape index (κ2) is 4.40. The molecular weight excluding hydrogens is 274 g/mol. The number of tetrazole rings is 1. The first kappa shape index (κ1) is 10.7. The minimum Gasteiger partial charge on any atom is -0.319 e. The molecule has 1 heterocycles. The van der Waals surface area contributed by atoms with Crippen molar-refractivity contribution >= 4 is 27.5 Å². The van der Waals surface area contributed by atoms with Gasteiger partial charge in [-0.25, -0.2) is 0 Å². The molecule has 0 aliphatic heterocycles. The van der Waals surface area contributed by atoms with Gasteiger partial charge < -0.3 is 5.32 Å². The number of aromatic amines is 1. The number of hydrogen-bond donors (Lipinski definition) is 2. The number of anilines is 1. The van der Waals surface area contributed by atoms with Crippen LogP contribution in [-0.4, -0.2) is 26.5 Å². The van der Waals surface area contributed by atoms with E-state index in [2.05, 4.69) is 41.9 Å². The fourth-order valence-electron chi connectivity index (χ4n) is 1.17. The maximum Gasteiger partial charge on any atom is 0.297 e. The van der Waals surface area contributed by atoms with E-state index < -0.39 is 5.91 Å². The molecule has 16 heavy (non-hydrogen) atoms. The smallest absolute Gasteiger partial charge is 0.297 e. The van der Waals surface area contributed by atoms with Crippen molar-refractivity contribution < 1.29 is 4.79 Å². The largest absolute Gasteiger partial charge is 0.319 e. The summed E-state index contributed by atoms with van der Waals surface area (Å²) in [6.45, 7) is 1.90. The predicted octanol–water partition coefficient (Wildman–Crippen LogP) is 1.52. The molecule has 2 aromatic rings. The lowest BCUT2D eigenvalue weighted by molar-refractivity contribution is 0.101. The average Bonchev–Trinajstić information content (AvgIpc) is 2.76. The zero-order valence-electron chi connectivity index (χ0n) is 8.36. The molecule has 7 heteroatoms. The number of aromatic nitrogens is 4. The number of nitrogens with zero attached hydrogens (tertiary/aromatic N) is 3. The van der Waals surface area contributed by atoms with Gasteiger partial charge in [0.15, 0.2) is 0 Å². The van der Waals surface area contributed by atoms with E-state index in [0.29, 0.717) is 5.69 Å². The molecule has 0 atom stereocenters. The number of rotatable bonds is 2. The summed E-state index contributed by atoms with van der Waals surface area (Å²) >= 11 is 3.33. The van der Waals surface area contributed by atoms with Crippen LogP contribution in [0, 0.1) is 6.92 Å². The number of H-pyrrole nitrogens is 1. The highest BCUT2D eigenvalue weighted by Crippen LogP contribution is 2.20. The first-order valence-electron chi connectivity index (χ1n) is 4.48. The van der Waals surface area contributed by atoms with Crippen LogP contribution in [0.15, 0.2) is 22.7 Å². The maximum absolute atomic E-state index is 11.6. The lowest BCUT2D eigenvalue weighted by Crippen LogP contribution is -2.14. The van der Waals surface area contributed by atoms with Crippen LogP contribution in [0.1, 0.15) is 16.2 Å². The standard InChI is InChI=1S/C9H8BrN5O/c1-5-2-3-6(10)4-7(5)11-9(16)8-12-14-15-13-8/h2-4H,1H3,(H,11,16)(H,12,13,14,15). The van der Waals surface area contributed by atoms with Gasteiger partial charge in [-0.2, -0.15) is 5.21 Å². The number of hydrogen-bond acceptors (Lipinski definition) is 4. The fourth-order valence-corrected chi connectivity index (χ4v) is 1.53. The number of benzene rings is 1. The quantitative estimate of drug-likeness (QED) is 0.874. The van der Waals surface area contributed by atoms with Crippen LogP contribution in [0.2, 0.25) is 0 Å². The summed E-state index contributed by atoms with van der Waals surface area (Å²) in [5.74, 6) is -0.380. The van der Waals surface area contributed by atoms with Gasteiger partial charge in [-0.1, -0.05) is 22.0 Å². The van der Waals surface area contributed by atoms with E-state index in [-0.39, 0.29) is 5.82 Å². The molecule has 0 radical (unpaired) electrons. The van der Waals surface area contributed by atoms with Crippen molar-refractivity contribution in [2.45, 2.75) is 6.92 Å². The first-order valence-corrected chi connectivity index (χ1v) is 5.27. The topological polar surface area (TPSA) is 83.6 Å². The number of halogens is 1. The van der Waals surface area contributed by atoms with Gasteiger partial charge in [0.1, 0.15) is 0 Å². The Hall–Kier alpha value is -1.76. The van der Waals surface area contributed by atoms with Crippen molar-refractivity contribution in [3.05, 3.63) is 34.1 Å². The van der Waals surface area contributed by atoms with Crippen LogP contribution in [0.25, 0.3) is 0 Å². The Labute approximate surface area is 99.6 Å². The summed E-state index contributed by atoms with van der Waals surface area (Å²) in [5.41, 5.74) is 1.67. The lowest BCUT2D eigenvalue weighted by Gasteiger charge is -2.06. The summed E-state index contributed by atoms with van der Waals surface area (Å²) in [6, 6.07) is 5.61. The zero-order valence-corrected chi connectivity index (χ0v) is 9.95. The van der Waals surface area contributed by atoms with E-state index in [0.717, 1.165) is 10.0 Å². The van der Waals surface area contributed by atoms with Gasteiger partial charge in [-0.15, -0.1) is 10.2 Å². The normalized spacial score (nSPS) is 10.1. The molecule has 0 spiro atoms. The Morgan fingerprint density at radius 3 is 3.00 bits per heavy atom. The van der Waals surface area contributed by atoms with E-state index in [1.165, 1.54) is 0 Å². The minimum atomic E-state index is -0.394. The van der Waals surface area contributed by atoms with Crippen LogP contribution in [0.3, 0.4) is 0 Å². The van der Waals surface area contributed by atoms with Gasteiger partial charge in [0.25, 0.3) is 11.7 Å².